The number of carbonyl (C=O) groups is 1. The zero-order valence-corrected chi connectivity index (χ0v) is 11.9. The lowest BCUT2D eigenvalue weighted by Gasteiger charge is -2.22. The molecule has 108 valence electrons. The van der Waals surface area contributed by atoms with E-state index < -0.39 is 6.04 Å². The minimum atomic E-state index is -0.650. The molecule has 0 amide bonds. The molecule has 0 aromatic heterocycles. The maximum absolute atomic E-state index is 11.8. The van der Waals surface area contributed by atoms with Crippen LogP contribution in [0.1, 0.15) is 43.2 Å². The van der Waals surface area contributed by atoms with Crippen LogP contribution in [0, 0.1) is 23.0 Å². The normalized spacial score (nSPS) is 20.6. The molecule has 0 unspecified atom stereocenters. The number of ketones is 1. The van der Waals surface area contributed by atoms with Crippen LogP contribution in [0.2, 0.25) is 0 Å². The lowest BCUT2D eigenvalue weighted by molar-refractivity contribution is -0.524. The van der Waals surface area contributed by atoms with Gasteiger partial charge < -0.3 is 0 Å². The Balaban J connectivity index is 2.06. The Kier molecular flexibility index (Phi) is 4.88. The van der Waals surface area contributed by atoms with Gasteiger partial charge in [0.25, 0.3) is 0 Å². The quantitative estimate of drug-likeness (QED) is 0.611. The van der Waals surface area contributed by atoms with Crippen molar-refractivity contribution in [2.45, 2.75) is 51.5 Å². The summed E-state index contributed by atoms with van der Waals surface area (Å²) < 4.78 is 0. The fraction of sp³-hybridized carbons (Fsp3) is 0.562. The first-order valence-electron chi connectivity index (χ1n) is 7.28. The van der Waals surface area contributed by atoms with E-state index in [1.807, 2.05) is 31.2 Å². The maximum Gasteiger partial charge on any atom is 0.217 e. The molecule has 2 atom stereocenters. The fourth-order valence-electron chi connectivity index (χ4n) is 2.97. The summed E-state index contributed by atoms with van der Waals surface area (Å²) in [7, 11) is 0. The van der Waals surface area contributed by atoms with Gasteiger partial charge in [0.15, 0.2) is 0 Å². The molecule has 0 aliphatic heterocycles. The topological polar surface area (TPSA) is 60.2 Å². The summed E-state index contributed by atoms with van der Waals surface area (Å²) in [5.74, 6) is 0.107. The number of rotatable bonds is 5. The van der Waals surface area contributed by atoms with Gasteiger partial charge in [-0.1, -0.05) is 30.7 Å². The second kappa shape index (κ2) is 6.64. The van der Waals surface area contributed by atoms with Crippen LogP contribution in [0.25, 0.3) is 0 Å². The molecule has 4 heteroatoms. The zero-order valence-electron chi connectivity index (χ0n) is 11.9. The standard InChI is InChI=1S/C16H21NO3/c1-12-6-2-3-7-13(12)10-15(17(19)20)11-14-8-4-5-9-16(14)18/h2-3,6-7,14-15H,4-5,8-11H2,1H3/t14-,15+/m1/s1. The largest absolute Gasteiger partial charge is 0.299 e. The van der Waals surface area contributed by atoms with E-state index in [1.54, 1.807) is 0 Å². The van der Waals surface area contributed by atoms with Crippen LogP contribution in [-0.4, -0.2) is 16.7 Å². The summed E-state index contributed by atoms with van der Waals surface area (Å²) in [6.45, 7) is 1.97. The molecule has 0 heterocycles. The van der Waals surface area contributed by atoms with E-state index in [1.165, 1.54) is 0 Å². The summed E-state index contributed by atoms with van der Waals surface area (Å²) in [4.78, 5) is 22.9. The molecule has 1 aromatic carbocycles. The molecule has 0 spiro atoms. The number of hydrogen-bond donors (Lipinski definition) is 0. The van der Waals surface area contributed by atoms with Gasteiger partial charge >= 0.3 is 0 Å². The number of aryl methyl sites for hydroxylation is 1. The second-order valence-electron chi connectivity index (χ2n) is 5.71. The van der Waals surface area contributed by atoms with E-state index >= 15 is 0 Å². The van der Waals surface area contributed by atoms with Gasteiger partial charge in [0.2, 0.25) is 6.04 Å². The van der Waals surface area contributed by atoms with E-state index in [2.05, 4.69) is 0 Å². The zero-order chi connectivity index (χ0) is 14.5. The van der Waals surface area contributed by atoms with Crippen molar-refractivity contribution in [1.82, 2.24) is 0 Å². The lowest BCUT2D eigenvalue weighted by atomic mass is 9.82. The Hall–Kier alpha value is -1.71. The van der Waals surface area contributed by atoms with Crippen molar-refractivity contribution in [3.8, 4) is 0 Å². The summed E-state index contributed by atoms with van der Waals surface area (Å²) in [5, 5.41) is 11.3. The van der Waals surface area contributed by atoms with E-state index in [4.69, 9.17) is 0 Å². The van der Waals surface area contributed by atoms with Crippen molar-refractivity contribution in [2.24, 2.45) is 5.92 Å². The van der Waals surface area contributed by atoms with Gasteiger partial charge in [-0.2, -0.15) is 0 Å². The highest BCUT2D eigenvalue weighted by Gasteiger charge is 2.31. The van der Waals surface area contributed by atoms with E-state index in [9.17, 15) is 14.9 Å². The van der Waals surface area contributed by atoms with Gasteiger partial charge in [-0.15, -0.1) is 0 Å². The Labute approximate surface area is 119 Å². The van der Waals surface area contributed by atoms with E-state index in [-0.39, 0.29) is 16.6 Å². The third-order valence-corrected chi connectivity index (χ3v) is 4.25. The predicted molar refractivity (Wildman–Crippen MR) is 77.2 cm³/mol. The SMILES string of the molecule is Cc1ccccc1C[C@@H](C[C@H]1CCCCC1=O)[N+](=O)[O-]. The van der Waals surface area contributed by atoms with Crippen molar-refractivity contribution in [1.29, 1.82) is 0 Å². The Bertz CT molecular complexity index is 498. The molecule has 1 aromatic rings. The van der Waals surface area contributed by atoms with E-state index in [0.29, 0.717) is 19.3 Å². The fourth-order valence-corrected chi connectivity index (χ4v) is 2.97. The van der Waals surface area contributed by atoms with Crippen molar-refractivity contribution in [2.75, 3.05) is 0 Å². The molecule has 0 radical (unpaired) electrons. The van der Waals surface area contributed by atoms with Crippen molar-refractivity contribution in [3.05, 3.63) is 45.5 Å². The molecule has 0 saturated heterocycles. The van der Waals surface area contributed by atoms with Crippen LogP contribution in [0.15, 0.2) is 24.3 Å². The smallest absolute Gasteiger partial charge is 0.217 e. The summed E-state index contributed by atoms with van der Waals surface area (Å²) >= 11 is 0. The van der Waals surface area contributed by atoms with Crippen LogP contribution in [0.3, 0.4) is 0 Å². The van der Waals surface area contributed by atoms with Crippen molar-refractivity contribution in [3.63, 3.8) is 0 Å². The van der Waals surface area contributed by atoms with Gasteiger partial charge in [0.05, 0.1) is 0 Å². The number of nitrogens with zero attached hydrogens (tertiary/aromatic N) is 1. The number of hydrogen-bond acceptors (Lipinski definition) is 3. The van der Waals surface area contributed by atoms with Gasteiger partial charge in [0.1, 0.15) is 5.78 Å². The summed E-state index contributed by atoms with van der Waals surface area (Å²) in [6, 6.07) is 7.10. The minimum Gasteiger partial charge on any atom is -0.299 e. The highest BCUT2D eigenvalue weighted by Crippen LogP contribution is 2.26. The van der Waals surface area contributed by atoms with Crippen molar-refractivity contribution < 1.29 is 9.72 Å². The minimum absolute atomic E-state index is 0.108. The molecule has 2 rings (SSSR count). The molecule has 1 fully saturated rings. The number of nitro groups is 1. The Morgan fingerprint density at radius 3 is 2.75 bits per heavy atom. The highest BCUT2D eigenvalue weighted by atomic mass is 16.6. The molecule has 20 heavy (non-hydrogen) atoms. The monoisotopic (exact) mass is 275 g/mol. The number of carbonyl (C=O) groups excluding carboxylic acids is 1. The Morgan fingerprint density at radius 2 is 2.10 bits per heavy atom. The van der Waals surface area contributed by atoms with Crippen LogP contribution >= 0.6 is 0 Å². The molecule has 0 N–H and O–H groups in total. The molecular weight excluding hydrogens is 254 g/mol. The highest BCUT2D eigenvalue weighted by molar-refractivity contribution is 5.81. The maximum atomic E-state index is 11.8. The third kappa shape index (κ3) is 3.65. The predicted octanol–water partition coefficient (Wildman–Crippen LogP) is 3.33. The number of Topliss-reactive ketones (excluding diaryl/α,β-unsaturated/α-hetero) is 1. The first-order valence-corrected chi connectivity index (χ1v) is 7.28. The van der Waals surface area contributed by atoms with Crippen molar-refractivity contribution >= 4 is 5.78 Å². The molecular formula is C16H21NO3. The van der Waals surface area contributed by atoms with Gasteiger partial charge in [-0.3, -0.25) is 14.9 Å². The molecule has 4 nitrogen and oxygen atoms in total. The van der Waals surface area contributed by atoms with Crippen LogP contribution in [-0.2, 0) is 11.2 Å². The average molecular weight is 275 g/mol. The van der Waals surface area contributed by atoms with Crippen LogP contribution in [0.5, 0.6) is 0 Å². The first kappa shape index (κ1) is 14.7. The summed E-state index contributed by atoms with van der Waals surface area (Å²) in [5.41, 5.74) is 2.09. The molecule has 1 aliphatic carbocycles. The van der Waals surface area contributed by atoms with Gasteiger partial charge in [-0.05, 0) is 30.9 Å². The molecule has 1 aliphatic rings. The summed E-state index contributed by atoms with van der Waals surface area (Å²) in [6.07, 6.45) is 4.18. The van der Waals surface area contributed by atoms with E-state index in [0.717, 1.165) is 30.4 Å². The first-order chi connectivity index (χ1) is 9.58. The Morgan fingerprint density at radius 1 is 1.35 bits per heavy atom. The lowest BCUT2D eigenvalue weighted by Crippen LogP contribution is -2.30. The third-order valence-electron chi connectivity index (χ3n) is 4.25. The average Bonchev–Trinajstić information content (AvgIpc) is 2.42. The second-order valence-corrected chi connectivity index (χ2v) is 5.71. The molecule has 1 saturated carbocycles. The van der Waals surface area contributed by atoms with Gasteiger partial charge in [0, 0.05) is 30.1 Å². The van der Waals surface area contributed by atoms with Crippen LogP contribution in [0.4, 0.5) is 0 Å². The van der Waals surface area contributed by atoms with Crippen LogP contribution < -0.4 is 0 Å². The number of benzene rings is 1. The van der Waals surface area contributed by atoms with Gasteiger partial charge in [-0.25, -0.2) is 0 Å². The molecule has 0 bridgehead atoms.